The predicted molar refractivity (Wildman–Crippen MR) is 112 cm³/mol. The van der Waals surface area contributed by atoms with Crippen LogP contribution < -0.4 is 10.2 Å². The molecule has 0 saturated carbocycles. The zero-order valence-electron chi connectivity index (χ0n) is 16.1. The molecule has 29 heavy (non-hydrogen) atoms. The normalized spacial score (nSPS) is 11.7. The Bertz CT molecular complexity index is 942. The Balaban J connectivity index is 1.94. The second-order valence-corrected chi connectivity index (χ2v) is 6.72. The molecule has 0 saturated heterocycles. The molecule has 9 heteroatoms. The van der Waals surface area contributed by atoms with Crippen molar-refractivity contribution in [3.8, 4) is 0 Å². The number of nitro benzene ring substituents is 1. The van der Waals surface area contributed by atoms with Crippen LogP contribution in [0.1, 0.15) is 12.5 Å². The topological polar surface area (TPSA) is 102 Å². The van der Waals surface area contributed by atoms with E-state index in [0.717, 1.165) is 11.8 Å². The van der Waals surface area contributed by atoms with E-state index in [0.29, 0.717) is 11.3 Å². The number of nitro groups is 1. The maximum Gasteiger partial charge on any atom is 0.331 e. The fourth-order valence-electron chi connectivity index (χ4n) is 2.29. The number of hydrogen-bond acceptors (Lipinski definition) is 6. The number of rotatable bonds is 7. The van der Waals surface area contributed by atoms with Gasteiger partial charge in [-0.1, -0.05) is 17.7 Å². The van der Waals surface area contributed by atoms with Gasteiger partial charge in [-0.3, -0.25) is 14.9 Å². The molecular formula is C20H20ClN3O5. The van der Waals surface area contributed by atoms with Gasteiger partial charge in [0.05, 0.1) is 4.92 Å². The first-order valence-electron chi connectivity index (χ1n) is 8.58. The van der Waals surface area contributed by atoms with Gasteiger partial charge in [0.2, 0.25) is 0 Å². The summed E-state index contributed by atoms with van der Waals surface area (Å²) >= 11 is 5.74. The van der Waals surface area contributed by atoms with Crippen LogP contribution in [0.25, 0.3) is 6.08 Å². The van der Waals surface area contributed by atoms with Crippen LogP contribution in [0.3, 0.4) is 0 Å². The molecule has 8 nitrogen and oxygen atoms in total. The molecule has 0 aliphatic rings. The Kier molecular flexibility index (Phi) is 7.33. The molecule has 0 heterocycles. The van der Waals surface area contributed by atoms with Crippen LogP contribution in [0.2, 0.25) is 5.02 Å². The molecule has 0 spiro atoms. The maximum atomic E-state index is 12.2. The Morgan fingerprint density at radius 2 is 1.86 bits per heavy atom. The fourth-order valence-corrected chi connectivity index (χ4v) is 2.48. The Morgan fingerprint density at radius 1 is 1.21 bits per heavy atom. The average Bonchev–Trinajstić information content (AvgIpc) is 2.67. The smallest absolute Gasteiger partial charge is 0.331 e. The number of carbonyl (C=O) groups is 2. The van der Waals surface area contributed by atoms with Crippen LogP contribution in [0.15, 0.2) is 48.5 Å². The molecule has 0 fully saturated rings. The Morgan fingerprint density at radius 3 is 2.45 bits per heavy atom. The van der Waals surface area contributed by atoms with Gasteiger partial charge in [-0.15, -0.1) is 0 Å². The van der Waals surface area contributed by atoms with Gasteiger partial charge >= 0.3 is 5.97 Å². The molecule has 2 rings (SSSR count). The first-order chi connectivity index (χ1) is 13.7. The number of nitrogens with one attached hydrogen (secondary N) is 1. The molecule has 152 valence electrons. The first-order valence-corrected chi connectivity index (χ1v) is 8.96. The summed E-state index contributed by atoms with van der Waals surface area (Å²) in [5, 5.41) is 13.6. The lowest BCUT2D eigenvalue weighted by molar-refractivity contribution is -0.384. The largest absolute Gasteiger partial charge is 0.449 e. The number of carbonyl (C=O) groups excluding carboxylic acids is 2. The fraction of sp³-hybridized carbons (Fsp3) is 0.200. The lowest BCUT2D eigenvalue weighted by Gasteiger charge is -2.15. The van der Waals surface area contributed by atoms with Crippen LogP contribution in [0, 0.1) is 10.1 Å². The third kappa shape index (κ3) is 6.32. The van der Waals surface area contributed by atoms with Crippen molar-refractivity contribution < 1.29 is 19.2 Å². The summed E-state index contributed by atoms with van der Waals surface area (Å²) in [5.74, 6) is -1.24. The molecule has 1 N–H and O–H groups in total. The van der Waals surface area contributed by atoms with Crippen molar-refractivity contribution in [2.45, 2.75) is 13.0 Å². The highest BCUT2D eigenvalue weighted by Gasteiger charge is 2.17. The minimum atomic E-state index is -1.03. The van der Waals surface area contributed by atoms with Crippen molar-refractivity contribution in [1.82, 2.24) is 0 Å². The molecule has 0 aliphatic carbocycles. The summed E-state index contributed by atoms with van der Waals surface area (Å²) in [6.07, 6.45) is 1.40. The number of benzene rings is 2. The number of amides is 1. The van der Waals surface area contributed by atoms with Crippen LogP contribution in [-0.2, 0) is 14.3 Å². The number of ether oxygens (including phenoxy) is 1. The van der Waals surface area contributed by atoms with Crippen LogP contribution in [0.4, 0.5) is 17.1 Å². The van der Waals surface area contributed by atoms with Crippen molar-refractivity contribution in [1.29, 1.82) is 0 Å². The monoisotopic (exact) mass is 417 g/mol. The third-order valence-corrected chi connectivity index (χ3v) is 4.21. The van der Waals surface area contributed by atoms with Crippen LogP contribution in [-0.4, -0.2) is 37.0 Å². The summed E-state index contributed by atoms with van der Waals surface area (Å²) in [6.45, 7) is 1.45. The molecule has 2 aromatic carbocycles. The highest BCUT2D eigenvalue weighted by Crippen LogP contribution is 2.25. The van der Waals surface area contributed by atoms with E-state index in [1.807, 2.05) is 31.1 Å². The number of halogens is 1. The van der Waals surface area contributed by atoms with E-state index in [1.165, 1.54) is 31.2 Å². The van der Waals surface area contributed by atoms with E-state index in [-0.39, 0.29) is 10.7 Å². The minimum absolute atomic E-state index is 0.00126. The molecule has 0 aromatic heterocycles. The van der Waals surface area contributed by atoms with E-state index < -0.39 is 22.9 Å². The van der Waals surface area contributed by atoms with Crippen molar-refractivity contribution in [2.24, 2.45) is 0 Å². The minimum Gasteiger partial charge on any atom is -0.449 e. The van der Waals surface area contributed by atoms with Crippen LogP contribution in [0.5, 0.6) is 0 Å². The molecule has 2 aromatic rings. The highest BCUT2D eigenvalue weighted by atomic mass is 35.5. The molecule has 0 bridgehead atoms. The predicted octanol–water partition coefficient (Wildman–Crippen LogP) is 3.90. The van der Waals surface area contributed by atoms with Crippen LogP contribution >= 0.6 is 11.6 Å². The molecule has 0 radical (unpaired) electrons. The van der Waals surface area contributed by atoms with E-state index in [9.17, 15) is 19.7 Å². The van der Waals surface area contributed by atoms with Gasteiger partial charge < -0.3 is 15.0 Å². The van der Waals surface area contributed by atoms with Crippen molar-refractivity contribution in [3.63, 3.8) is 0 Å². The Labute approximate surface area is 172 Å². The van der Waals surface area contributed by atoms with Gasteiger partial charge in [-0.25, -0.2) is 4.79 Å². The molecule has 1 unspecified atom stereocenters. The number of anilines is 2. The average molecular weight is 418 g/mol. The van der Waals surface area contributed by atoms with Gasteiger partial charge in [-0.2, -0.15) is 0 Å². The summed E-state index contributed by atoms with van der Waals surface area (Å²) in [5.41, 5.74) is 1.69. The molecule has 1 amide bonds. The van der Waals surface area contributed by atoms with Gasteiger partial charge in [0, 0.05) is 37.6 Å². The number of nitrogens with zero attached hydrogens (tertiary/aromatic N) is 2. The second-order valence-electron chi connectivity index (χ2n) is 6.31. The second kappa shape index (κ2) is 9.70. The third-order valence-electron chi connectivity index (χ3n) is 3.89. The maximum absolute atomic E-state index is 12.2. The molecule has 0 aliphatic heterocycles. The number of hydrogen-bond donors (Lipinski definition) is 1. The summed E-state index contributed by atoms with van der Waals surface area (Å²) in [4.78, 5) is 36.3. The first kappa shape index (κ1) is 21.9. The van der Waals surface area contributed by atoms with Crippen molar-refractivity contribution >= 4 is 46.6 Å². The Hall–Kier alpha value is -3.39. The zero-order valence-corrected chi connectivity index (χ0v) is 16.8. The van der Waals surface area contributed by atoms with Crippen molar-refractivity contribution in [3.05, 3.63) is 69.2 Å². The van der Waals surface area contributed by atoms with E-state index in [1.54, 1.807) is 12.1 Å². The molecular weight excluding hydrogens is 398 g/mol. The van der Waals surface area contributed by atoms with E-state index >= 15 is 0 Å². The summed E-state index contributed by atoms with van der Waals surface area (Å²) < 4.78 is 5.06. The summed E-state index contributed by atoms with van der Waals surface area (Å²) in [7, 11) is 3.82. The lowest BCUT2D eigenvalue weighted by atomic mass is 10.2. The van der Waals surface area contributed by atoms with E-state index in [4.69, 9.17) is 16.3 Å². The summed E-state index contributed by atoms with van der Waals surface area (Å²) in [6, 6.07) is 11.3. The molecule has 1 atom stereocenters. The van der Waals surface area contributed by atoms with E-state index in [2.05, 4.69) is 5.32 Å². The van der Waals surface area contributed by atoms with Gasteiger partial charge in [-0.05, 0) is 48.9 Å². The standard InChI is InChI=1S/C20H20ClN3O5/c1-13(20(26)22-15-6-8-16(9-7-15)23(2)3)29-19(25)11-5-14-4-10-17(21)18(12-14)24(27)28/h4-13H,1-3H3,(H,22,26)/b11-5+. The lowest BCUT2D eigenvalue weighted by Crippen LogP contribution is -2.29. The highest BCUT2D eigenvalue weighted by molar-refractivity contribution is 6.32. The quantitative estimate of drug-likeness (QED) is 0.317. The SMILES string of the molecule is CC(OC(=O)/C=C/c1ccc(Cl)c([N+](=O)[O-])c1)C(=O)Nc1ccc(N(C)C)cc1. The number of esters is 1. The van der Waals surface area contributed by atoms with Gasteiger partial charge in [0.15, 0.2) is 6.10 Å². The van der Waals surface area contributed by atoms with Crippen molar-refractivity contribution in [2.75, 3.05) is 24.3 Å². The van der Waals surface area contributed by atoms with Gasteiger partial charge in [0.1, 0.15) is 5.02 Å². The zero-order chi connectivity index (χ0) is 21.6. The van der Waals surface area contributed by atoms with Gasteiger partial charge in [0.25, 0.3) is 11.6 Å².